The van der Waals surface area contributed by atoms with E-state index in [0.29, 0.717) is 27.4 Å². The molecule has 0 atom stereocenters. The highest BCUT2D eigenvalue weighted by Gasteiger charge is 2.18. The molecule has 3 aromatic rings. The fourth-order valence-corrected chi connectivity index (χ4v) is 3.60. The van der Waals surface area contributed by atoms with E-state index in [1.54, 1.807) is 43.3 Å². The molecule has 2 aromatic carbocycles. The van der Waals surface area contributed by atoms with Gasteiger partial charge in [0.2, 0.25) is 10.0 Å². The van der Waals surface area contributed by atoms with Gasteiger partial charge >= 0.3 is 0 Å². The van der Waals surface area contributed by atoms with Crippen LogP contribution in [0.5, 0.6) is 0 Å². The molecule has 7 heteroatoms. The summed E-state index contributed by atoms with van der Waals surface area (Å²) in [5.41, 5.74) is 2.20. The minimum absolute atomic E-state index is 0.258. The standard InChI is InChI=1S/C15H13ClN2O3S/c1-10-8-11(16)6-7-13(10)18-22(19,20)9-14-12-4-2-3-5-15(12)21-17-14/h2-8,18H,9H2,1H3. The maximum atomic E-state index is 12.3. The zero-order chi connectivity index (χ0) is 15.7. The Morgan fingerprint density at radius 3 is 2.77 bits per heavy atom. The first-order valence-corrected chi connectivity index (χ1v) is 8.57. The summed E-state index contributed by atoms with van der Waals surface area (Å²) >= 11 is 5.87. The first-order chi connectivity index (χ1) is 10.4. The molecule has 0 saturated carbocycles. The van der Waals surface area contributed by atoms with Crippen LogP contribution in [0.15, 0.2) is 47.0 Å². The van der Waals surface area contributed by atoms with Crippen molar-refractivity contribution in [3.05, 3.63) is 58.7 Å². The van der Waals surface area contributed by atoms with Crippen LogP contribution in [0.4, 0.5) is 5.69 Å². The Bertz CT molecular complexity index is 935. The first-order valence-electron chi connectivity index (χ1n) is 6.54. The van der Waals surface area contributed by atoms with Crippen molar-refractivity contribution in [2.75, 3.05) is 4.72 Å². The van der Waals surface area contributed by atoms with Crippen LogP contribution >= 0.6 is 11.6 Å². The van der Waals surface area contributed by atoms with Crippen molar-refractivity contribution in [3.8, 4) is 0 Å². The number of halogens is 1. The molecule has 0 fully saturated rings. The molecule has 0 radical (unpaired) electrons. The predicted octanol–water partition coefficient (Wildman–Crippen LogP) is 3.73. The lowest BCUT2D eigenvalue weighted by molar-refractivity contribution is 0.448. The molecule has 0 aliphatic carbocycles. The number of sulfonamides is 1. The second kappa shape index (κ2) is 5.62. The lowest BCUT2D eigenvalue weighted by atomic mass is 10.2. The molecule has 0 amide bonds. The Hall–Kier alpha value is -2.05. The number of nitrogens with zero attached hydrogens (tertiary/aromatic N) is 1. The predicted molar refractivity (Wildman–Crippen MR) is 86.4 cm³/mol. The Labute approximate surface area is 132 Å². The number of anilines is 1. The van der Waals surface area contributed by atoms with Crippen LogP contribution in [0.3, 0.4) is 0 Å². The average molecular weight is 337 g/mol. The van der Waals surface area contributed by atoms with Crippen molar-refractivity contribution in [1.29, 1.82) is 0 Å². The summed E-state index contributed by atoms with van der Waals surface area (Å²) in [5.74, 6) is -0.258. The number of aromatic nitrogens is 1. The van der Waals surface area contributed by atoms with Crippen LogP contribution < -0.4 is 4.72 Å². The lowest BCUT2D eigenvalue weighted by Crippen LogP contribution is -2.16. The summed E-state index contributed by atoms with van der Waals surface area (Å²) in [6, 6.07) is 12.1. The molecule has 22 heavy (non-hydrogen) atoms. The number of aryl methyl sites for hydroxylation is 1. The van der Waals surface area contributed by atoms with Crippen molar-refractivity contribution >= 4 is 38.3 Å². The monoisotopic (exact) mass is 336 g/mol. The summed E-state index contributed by atoms with van der Waals surface area (Å²) in [6.45, 7) is 1.79. The maximum absolute atomic E-state index is 12.3. The van der Waals surface area contributed by atoms with Gasteiger partial charge < -0.3 is 4.52 Å². The topological polar surface area (TPSA) is 72.2 Å². The van der Waals surface area contributed by atoms with Gasteiger partial charge in [0.15, 0.2) is 5.58 Å². The number of benzene rings is 2. The van der Waals surface area contributed by atoms with E-state index in [1.807, 2.05) is 6.07 Å². The molecule has 1 heterocycles. The van der Waals surface area contributed by atoms with Gasteiger partial charge in [-0.3, -0.25) is 4.72 Å². The summed E-state index contributed by atoms with van der Waals surface area (Å²) in [5, 5.41) is 5.10. The van der Waals surface area contributed by atoms with Gasteiger partial charge in [0.25, 0.3) is 0 Å². The molecular weight excluding hydrogens is 324 g/mol. The van der Waals surface area contributed by atoms with Crippen LogP contribution in [-0.4, -0.2) is 13.6 Å². The largest absolute Gasteiger partial charge is 0.356 e. The minimum atomic E-state index is -3.60. The van der Waals surface area contributed by atoms with E-state index < -0.39 is 10.0 Å². The molecular formula is C15H13ClN2O3S. The smallest absolute Gasteiger partial charge is 0.238 e. The Balaban J connectivity index is 1.87. The third kappa shape index (κ3) is 3.08. The summed E-state index contributed by atoms with van der Waals surface area (Å²) < 4.78 is 32.3. The van der Waals surface area contributed by atoms with E-state index in [2.05, 4.69) is 9.88 Å². The molecule has 0 saturated heterocycles. The highest BCUT2D eigenvalue weighted by atomic mass is 35.5. The Kier molecular flexibility index (Phi) is 3.80. The van der Waals surface area contributed by atoms with Crippen molar-refractivity contribution in [1.82, 2.24) is 5.16 Å². The van der Waals surface area contributed by atoms with Crippen molar-refractivity contribution in [2.45, 2.75) is 12.7 Å². The van der Waals surface area contributed by atoms with Crippen LogP contribution in [0, 0.1) is 6.92 Å². The number of rotatable bonds is 4. The number of nitrogens with one attached hydrogen (secondary N) is 1. The van der Waals surface area contributed by atoms with Crippen LogP contribution in [0.25, 0.3) is 11.0 Å². The second-order valence-electron chi connectivity index (χ2n) is 4.95. The van der Waals surface area contributed by atoms with Crippen molar-refractivity contribution in [3.63, 3.8) is 0 Å². The molecule has 1 aromatic heterocycles. The third-order valence-electron chi connectivity index (χ3n) is 3.23. The van der Waals surface area contributed by atoms with Crippen molar-refractivity contribution in [2.24, 2.45) is 0 Å². The van der Waals surface area contributed by atoms with E-state index in [9.17, 15) is 8.42 Å². The van der Waals surface area contributed by atoms with Gasteiger partial charge in [-0.1, -0.05) is 28.9 Å². The SMILES string of the molecule is Cc1cc(Cl)ccc1NS(=O)(=O)Cc1noc2ccccc12. The molecule has 5 nitrogen and oxygen atoms in total. The van der Waals surface area contributed by atoms with Gasteiger partial charge in [-0.15, -0.1) is 0 Å². The molecule has 0 aliphatic heterocycles. The van der Waals surface area contributed by atoms with E-state index in [1.165, 1.54) is 0 Å². The van der Waals surface area contributed by atoms with Gasteiger partial charge in [0, 0.05) is 10.4 Å². The molecule has 0 aliphatic rings. The summed E-state index contributed by atoms with van der Waals surface area (Å²) in [7, 11) is -3.60. The van der Waals surface area contributed by atoms with E-state index in [0.717, 1.165) is 5.56 Å². The normalized spacial score (nSPS) is 11.7. The fourth-order valence-electron chi connectivity index (χ4n) is 2.17. The molecule has 0 unspecified atom stereocenters. The second-order valence-corrected chi connectivity index (χ2v) is 7.10. The number of fused-ring (bicyclic) bond motifs is 1. The Morgan fingerprint density at radius 2 is 2.00 bits per heavy atom. The zero-order valence-electron chi connectivity index (χ0n) is 11.7. The number of hydrogen-bond donors (Lipinski definition) is 1. The van der Waals surface area contributed by atoms with Crippen LogP contribution in [0.1, 0.15) is 11.3 Å². The molecule has 1 N–H and O–H groups in total. The van der Waals surface area contributed by atoms with Gasteiger partial charge in [-0.05, 0) is 42.8 Å². The van der Waals surface area contributed by atoms with E-state index in [4.69, 9.17) is 16.1 Å². The number of para-hydroxylation sites is 1. The zero-order valence-corrected chi connectivity index (χ0v) is 13.3. The average Bonchev–Trinajstić information content (AvgIpc) is 2.85. The summed E-state index contributed by atoms with van der Waals surface area (Å²) in [6.07, 6.45) is 0. The number of hydrogen-bond acceptors (Lipinski definition) is 4. The van der Waals surface area contributed by atoms with Gasteiger partial charge in [0.1, 0.15) is 11.4 Å². The van der Waals surface area contributed by atoms with Crippen LogP contribution in [0.2, 0.25) is 5.02 Å². The minimum Gasteiger partial charge on any atom is -0.356 e. The molecule has 0 bridgehead atoms. The highest BCUT2D eigenvalue weighted by molar-refractivity contribution is 7.91. The van der Waals surface area contributed by atoms with E-state index in [-0.39, 0.29) is 5.75 Å². The molecule has 0 spiro atoms. The summed E-state index contributed by atoms with van der Waals surface area (Å²) in [4.78, 5) is 0. The quantitative estimate of drug-likeness (QED) is 0.788. The van der Waals surface area contributed by atoms with Gasteiger partial charge in [-0.25, -0.2) is 8.42 Å². The van der Waals surface area contributed by atoms with Crippen LogP contribution in [-0.2, 0) is 15.8 Å². The first kappa shape index (κ1) is 14.9. The van der Waals surface area contributed by atoms with E-state index >= 15 is 0 Å². The molecule has 3 rings (SSSR count). The van der Waals surface area contributed by atoms with Gasteiger partial charge in [-0.2, -0.15) is 0 Å². The third-order valence-corrected chi connectivity index (χ3v) is 4.65. The Morgan fingerprint density at radius 1 is 1.23 bits per heavy atom. The highest BCUT2D eigenvalue weighted by Crippen LogP contribution is 2.23. The lowest BCUT2D eigenvalue weighted by Gasteiger charge is -2.09. The maximum Gasteiger partial charge on any atom is 0.238 e. The fraction of sp³-hybridized carbons (Fsp3) is 0.133. The van der Waals surface area contributed by atoms with Crippen molar-refractivity contribution < 1.29 is 12.9 Å². The molecule has 114 valence electrons. The van der Waals surface area contributed by atoms with Gasteiger partial charge in [0.05, 0.1) is 5.69 Å².